The molecule has 1 fully saturated rings. The van der Waals surface area contributed by atoms with E-state index in [-0.39, 0.29) is 11.7 Å². The van der Waals surface area contributed by atoms with Crippen LogP contribution in [0, 0.1) is 5.82 Å². The molecule has 0 spiro atoms. The first kappa shape index (κ1) is 23.5. The molecule has 32 heavy (non-hydrogen) atoms. The Kier molecular flexibility index (Phi) is 7.35. The van der Waals surface area contributed by atoms with E-state index in [9.17, 15) is 14.0 Å². The topological polar surface area (TPSA) is 83.6 Å². The average Bonchev–Trinajstić information content (AvgIpc) is 2.73. The second-order valence-corrected chi connectivity index (χ2v) is 8.86. The summed E-state index contributed by atoms with van der Waals surface area (Å²) in [4.78, 5) is 30.6. The molecule has 0 radical (unpaired) electrons. The number of ether oxygens (including phenoxy) is 1. The van der Waals surface area contributed by atoms with Gasteiger partial charge in [0.1, 0.15) is 17.2 Å². The second-order valence-electron chi connectivity index (χ2n) is 8.42. The molecule has 9 heteroatoms. The molecule has 1 aliphatic heterocycles. The van der Waals surface area contributed by atoms with Crippen molar-refractivity contribution in [3.05, 3.63) is 64.7 Å². The number of nitrogens with zero attached hydrogens (tertiary/aromatic N) is 2. The van der Waals surface area contributed by atoms with Gasteiger partial charge in [0.2, 0.25) is 0 Å². The number of carbonyl (C=O) groups excluding carboxylic acids is 2. The highest BCUT2D eigenvalue weighted by Gasteiger charge is 2.24. The first-order valence-corrected chi connectivity index (χ1v) is 10.6. The molecule has 1 aromatic heterocycles. The predicted octanol–water partition coefficient (Wildman–Crippen LogP) is 5.45. The van der Waals surface area contributed by atoms with Crippen LogP contribution < -0.4 is 10.6 Å². The number of piperidine rings is 1. The third kappa shape index (κ3) is 6.68. The van der Waals surface area contributed by atoms with Crippen molar-refractivity contribution >= 4 is 35.1 Å². The lowest BCUT2D eigenvalue weighted by atomic mass is 10.1. The third-order valence-electron chi connectivity index (χ3n) is 4.68. The third-order valence-corrected chi connectivity index (χ3v) is 4.91. The monoisotopic (exact) mass is 460 g/mol. The Labute approximate surface area is 191 Å². The number of benzene rings is 1. The van der Waals surface area contributed by atoms with E-state index < -0.39 is 17.3 Å². The fraction of sp³-hybridized carbons (Fsp3) is 0.348. The van der Waals surface area contributed by atoms with Crippen LogP contribution in [-0.2, 0) is 4.74 Å². The quantitative estimate of drug-likeness (QED) is 0.633. The van der Waals surface area contributed by atoms with Gasteiger partial charge in [-0.25, -0.2) is 14.2 Å². The number of aromatic nitrogens is 1. The Hall–Kier alpha value is -3.13. The number of amides is 2. The Balaban J connectivity index is 1.64. The maximum atomic E-state index is 13.8. The standard InChI is InChI=1S/C23H26ClFN4O3/c1-23(2,3)32-22(31)29-10-8-15(9-11-29)13-26-19-6-5-17(25)12-18(19)21(30)28-20-7-4-16(24)14-27-20/h4-7,12-14,26H,8-11H2,1-3H3,(H,27,28,30). The molecular weight excluding hydrogens is 435 g/mol. The molecule has 170 valence electrons. The van der Waals surface area contributed by atoms with Crippen LogP contribution in [0.2, 0.25) is 5.02 Å². The highest BCUT2D eigenvalue weighted by molar-refractivity contribution is 6.30. The first-order chi connectivity index (χ1) is 15.1. The van der Waals surface area contributed by atoms with Gasteiger partial charge in [0.05, 0.1) is 16.3 Å². The predicted molar refractivity (Wildman–Crippen MR) is 122 cm³/mol. The van der Waals surface area contributed by atoms with E-state index in [1.807, 2.05) is 20.8 Å². The molecule has 1 saturated heterocycles. The van der Waals surface area contributed by atoms with Gasteiger partial charge in [-0.2, -0.15) is 0 Å². The molecule has 0 unspecified atom stereocenters. The van der Waals surface area contributed by atoms with E-state index in [0.717, 1.165) is 11.6 Å². The van der Waals surface area contributed by atoms with Gasteiger partial charge in [-0.15, -0.1) is 0 Å². The van der Waals surface area contributed by atoms with Gasteiger partial charge in [-0.1, -0.05) is 17.2 Å². The van der Waals surface area contributed by atoms with Gasteiger partial charge in [0, 0.05) is 25.5 Å². The molecule has 2 aromatic rings. The fourth-order valence-electron chi connectivity index (χ4n) is 3.09. The van der Waals surface area contributed by atoms with Crippen LogP contribution in [0.4, 0.5) is 20.7 Å². The maximum absolute atomic E-state index is 13.8. The summed E-state index contributed by atoms with van der Waals surface area (Å²) in [6, 6.07) is 7.11. The van der Waals surface area contributed by atoms with Gasteiger partial charge in [-0.05, 0) is 63.9 Å². The molecule has 2 heterocycles. The SMILES string of the molecule is CC(C)(C)OC(=O)N1CCC(=CNc2ccc(F)cc2C(=O)Nc2ccc(Cl)cn2)CC1. The van der Waals surface area contributed by atoms with Crippen LogP contribution in [0.25, 0.3) is 0 Å². The van der Waals surface area contributed by atoms with Crippen LogP contribution in [0.5, 0.6) is 0 Å². The van der Waals surface area contributed by atoms with Gasteiger partial charge in [0.15, 0.2) is 0 Å². The van der Waals surface area contributed by atoms with Crippen molar-refractivity contribution in [1.82, 2.24) is 9.88 Å². The van der Waals surface area contributed by atoms with Crippen LogP contribution in [-0.4, -0.2) is 40.6 Å². The van der Waals surface area contributed by atoms with Crippen molar-refractivity contribution in [2.24, 2.45) is 0 Å². The molecule has 0 aliphatic carbocycles. The zero-order valence-corrected chi connectivity index (χ0v) is 19.0. The van der Waals surface area contributed by atoms with Gasteiger partial charge >= 0.3 is 6.09 Å². The van der Waals surface area contributed by atoms with Crippen molar-refractivity contribution in [2.75, 3.05) is 23.7 Å². The average molecular weight is 461 g/mol. The minimum atomic E-state index is -0.532. The zero-order valence-electron chi connectivity index (χ0n) is 18.2. The molecule has 1 aliphatic rings. The van der Waals surface area contributed by atoms with E-state index in [2.05, 4.69) is 15.6 Å². The summed E-state index contributed by atoms with van der Waals surface area (Å²) in [5.74, 6) is -0.717. The number of likely N-dealkylation sites (tertiary alicyclic amines) is 1. The summed E-state index contributed by atoms with van der Waals surface area (Å²) in [6.07, 6.45) is 4.23. The van der Waals surface area contributed by atoms with Gasteiger partial charge in [-0.3, -0.25) is 4.79 Å². The highest BCUT2D eigenvalue weighted by atomic mass is 35.5. The minimum Gasteiger partial charge on any atom is -0.444 e. The van der Waals surface area contributed by atoms with Crippen molar-refractivity contribution < 1.29 is 18.7 Å². The molecule has 0 atom stereocenters. The number of nitrogens with one attached hydrogen (secondary N) is 2. The van der Waals surface area contributed by atoms with Crippen molar-refractivity contribution in [2.45, 2.75) is 39.2 Å². The van der Waals surface area contributed by atoms with Gasteiger partial charge in [0.25, 0.3) is 5.91 Å². The van der Waals surface area contributed by atoms with E-state index >= 15 is 0 Å². The lowest BCUT2D eigenvalue weighted by Crippen LogP contribution is -2.40. The normalized spacial score (nSPS) is 14.0. The highest BCUT2D eigenvalue weighted by Crippen LogP contribution is 2.22. The maximum Gasteiger partial charge on any atom is 0.410 e. The molecular formula is C23H26ClFN4O3. The first-order valence-electron chi connectivity index (χ1n) is 10.3. The molecule has 1 aromatic carbocycles. The van der Waals surface area contributed by atoms with E-state index in [1.165, 1.54) is 18.3 Å². The Bertz CT molecular complexity index is 1010. The molecule has 7 nitrogen and oxygen atoms in total. The lowest BCUT2D eigenvalue weighted by Gasteiger charge is -2.31. The number of carbonyl (C=O) groups is 2. The summed E-state index contributed by atoms with van der Waals surface area (Å²) in [6.45, 7) is 6.60. The summed E-state index contributed by atoms with van der Waals surface area (Å²) >= 11 is 5.81. The van der Waals surface area contributed by atoms with Crippen LogP contribution in [0.3, 0.4) is 0 Å². The second kappa shape index (κ2) is 9.99. The van der Waals surface area contributed by atoms with E-state index in [4.69, 9.17) is 16.3 Å². The van der Waals surface area contributed by atoms with Crippen LogP contribution in [0.15, 0.2) is 48.3 Å². The zero-order chi connectivity index (χ0) is 23.3. The number of halogens is 2. The molecule has 2 N–H and O–H groups in total. The summed E-state index contributed by atoms with van der Waals surface area (Å²) in [7, 11) is 0. The van der Waals surface area contributed by atoms with Crippen molar-refractivity contribution in [3.8, 4) is 0 Å². The fourth-order valence-corrected chi connectivity index (χ4v) is 3.20. The molecule has 0 saturated carbocycles. The lowest BCUT2D eigenvalue weighted by molar-refractivity contribution is 0.0236. The Morgan fingerprint density at radius 3 is 2.53 bits per heavy atom. The van der Waals surface area contributed by atoms with Crippen molar-refractivity contribution in [1.29, 1.82) is 0 Å². The van der Waals surface area contributed by atoms with Gasteiger partial charge < -0.3 is 20.3 Å². The number of hydrogen-bond acceptors (Lipinski definition) is 5. The minimum absolute atomic E-state index is 0.143. The molecule has 3 rings (SSSR count). The largest absolute Gasteiger partial charge is 0.444 e. The molecule has 0 bridgehead atoms. The van der Waals surface area contributed by atoms with Crippen LogP contribution >= 0.6 is 11.6 Å². The van der Waals surface area contributed by atoms with Crippen molar-refractivity contribution in [3.63, 3.8) is 0 Å². The number of rotatable bonds is 4. The smallest absolute Gasteiger partial charge is 0.410 e. The number of pyridine rings is 1. The molecule has 2 amide bonds. The Morgan fingerprint density at radius 2 is 1.91 bits per heavy atom. The summed E-state index contributed by atoms with van der Waals surface area (Å²) in [5, 5.41) is 6.18. The summed E-state index contributed by atoms with van der Waals surface area (Å²) in [5.41, 5.74) is 1.15. The summed E-state index contributed by atoms with van der Waals surface area (Å²) < 4.78 is 19.2. The Morgan fingerprint density at radius 1 is 1.19 bits per heavy atom. The van der Waals surface area contributed by atoms with E-state index in [1.54, 1.807) is 23.2 Å². The van der Waals surface area contributed by atoms with Crippen LogP contribution in [0.1, 0.15) is 44.0 Å². The number of anilines is 2. The van der Waals surface area contributed by atoms with E-state index in [0.29, 0.717) is 42.5 Å². The number of hydrogen-bond donors (Lipinski definition) is 2.